The number of alkyl carbamates (subject to hydrolysis) is 2. The van der Waals surface area contributed by atoms with Crippen molar-refractivity contribution in [3.05, 3.63) is 71.8 Å². The minimum atomic E-state index is -1.59. The number of benzene rings is 2. The van der Waals surface area contributed by atoms with Crippen LogP contribution in [0.15, 0.2) is 60.7 Å². The van der Waals surface area contributed by atoms with E-state index in [1.165, 1.54) is 11.9 Å². The van der Waals surface area contributed by atoms with Crippen molar-refractivity contribution in [2.45, 2.75) is 263 Å². The number of nitrogens with two attached hydrogens (primary N) is 5. The minimum absolute atomic E-state index is 0. The van der Waals surface area contributed by atoms with Gasteiger partial charge in [-0.1, -0.05) is 82.4 Å². The summed E-state index contributed by atoms with van der Waals surface area (Å²) in [4.78, 5) is 40.2. The predicted molar refractivity (Wildman–Crippen MR) is 332 cm³/mol. The van der Waals surface area contributed by atoms with Gasteiger partial charge < -0.3 is 152 Å². The monoisotopic (exact) mass is 1370 g/mol. The van der Waals surface area contributed by atoms with Crippen LogP contribution in [-0.2, 0) is 74.8 Å². The molecule has 544 valence electrons. The topological polar surface area (TPSA) is 523 Å². The number of aliphatic hydroxyl groups is 9. The first-order chi connectivity index (χ1) is 44.9. The van der Waals surface area contributed by atoms with Crippen LogP contribution in [0, 0.1) is 5.92 Å². The molecule has 2 saturated carbocycles. The highest BCUT2D eigenvalue weighted by atomic mass is 16.8. The Morgan fingerprint density at radius 3 is 1.64 bits per heavy atom. The van der Waals surface area contributed by atoms with Crippen molar-refractivity contribution in [3.63, 3.8) is 0 Å². The van der Waals surface area contributed by atoms with E-state index in [0.717, 1.165) is 11.1 Å². The number of hydrogen-bond donors (Lipinski definition) is 17. The van der Waals surface area contributed by atoms with Crippen molar-refractivity contribution in [2.75, 3.05) is 27.3 Å². The summed E-state index contributed by atoms with van der Waals surface area (Å²) >= 11 is 0. The molecular formula is C62H101N9O25. The molecule has 11 rings (SSSR count). The molecule has 2 aliphatic carbocycles. The Hall–Kier alpha value is -4.75. The molecule has 2 aromatic carbocycles. The summed E-state index contributed by atoms with van der Waals surface area (Å²) in [5, 5.41) is 103. The zero-order chi connectivity index (χ0) is 67.4. The van der Waals surface area contributed by atoms with Crippen LogP contribution in [0.25, 0.3) is 0 Å². The molecule has 7 aliphatic heterocycles. The summed E-state index contributed by atoms with van der Waals surface area (Å²) in [5.74, 6) is -0.384. The van der Waals surface area contributed by atoms with Gasteiger partial charge in [-0.15, -0.1) is 0 Å². The van der Waals surface area contributed by atoms with E-state index in [1.807, 2.05) is 67.6 Å². The summed E-state index contributed by atoms with van der Waals surface area (Å²) in [7, 11) is 3.07. The van der Waals surface area contributed by atoms with Gasteiger partial charge in [-0.3, -0.25) is 4.90 Å². The van der Waals surface area contributed by atoms with Gasteiger partial charge in [0.2, 0.25) is 0 Å². The molecule has 0 spiro atoms. The van der Waals surface area contributed by atoms with E-state index in [0.29, 0.717) is 19.3 Å². The highest BCUT2D eigenvalue weighted by Gasteiger charge is 2.61. The van der Waals surface area contributed by atoms with Crippen LogP contribution in [0.2, 0.25) is 0 Å². The number of carbonyl (C=O) groups is 3. The number of fused-ring (bicyclic) bond motifs is 4. The number of likely N-dealkylation sites (N-methyl/N-ethyl adjacent to an activating group) is 2. The lowest BCUT2D eigenvalue weighted by Crippen LogP contribution is -2.70. The molecule has 16 unspecified atom stereocenters. The normalized spacial score (nSPS) is 43.6. The standard InChI is InChI=1S/C39H52N4O15.C21H41N5O10.2CH4/c1-19-13-25-32(33-28(43(2)39(50)57-33)35(53-25)58-36-30(47)29(46)27(40)26(16-44)54-36)56-34(19)55-31-23(42-38(49)52-18-21-11-7-4-8-12-21)14-22(15-24(31)45)41-37(48)51-17-20-9-5-3-6-10-20;1-26-13-15(30)18-10(32-20(13)36-21-16(31)14(29)12(25)11(5-27)33-21)4-8(24)19(35-18)34-17-7(23)2-6(22)3-9(17)28;;/h3-12,19,22-36,44-47H,13-18,40H2,1-2H3,(H,41,48)(H,42,49);6-21,26-31H,2-5,22-25H2,1H3;2*1H4/t19?,22-,23?,24-,25+,26?,27-,28?,29+,30?,31-,32?,33?,34+,35?,36-;6-,7?,8?,9-,10+,11?,12-,13?,14+,15?,16?,17-,18?,19+,20?,21-;;/m11../s1. The fraction of sp³-hybridized carbons (Fsp3) is 0.758. The number of carbonyl (C=O) groups excluding carboxylic acids is 3. The van der Waals surface area contributed by atoms with E-state index < -0.39 is 215 Å². The highest BCUT2D eigenvalue weighted by molar-refractivity contribution is 5.71. The van der Waals surface area contributed by atoms with E-state index in [4.69, 9.17) is 90.2 Å². The maximum Gasteiger partial charge on any atom is 0.410 e. The lowest BCUT2D eigenvalue weighted by Gasteiger charge is -2.51. The molecule has 34 nitrogen and oxygen atoms in total. The number of amides is 3. The second-order valence-corrected chi connectivity index (χ2v) is 25.7. The van der Waals surface area contributed by atoms with Crippen molar-refractivity contribution in [2.24, 2.45) is 34.6 Å². The molecular weight excluding hydrogens is 1270 g/mol. The summed E-state index contributed by atoms with van der Waals surface area (Å²) in [6.07, 6.45) is -24.8. The van der Waals surface area contributed by atoms with Gasteiger partial charge >= 0.3 is 18.3 Å². The summed E-state index contributed by atoms with van der Waals surface area (Å²) in [6.45, 7) is 0.849. The number of ether oxygens (including phenoxy) is 13. The third-order valence-corrected chi connectivity index (χ3v) is 18.9. The molecule has 2 aromatic rings. The lowest BCUT2D eigenvalue weighted by molar-refractivity contribution is -0.374. The average Bonchev–Trinajstić information content (AvgIpc) is 1.65. The van der Waals surface area contributed by atoms with Crippen LogP contribution < -0.4 is 44.6 Å². The van der Waals surface area contributed by atoms with Gasteiger partial charge in [0.15, 0.2) is 43.8 Å². The van der Waals surface area contributed by atoms with Crippen molar-refractivity contribution >= 4 is 18.3 Å². The fourth-order valence-electron chi connectivity index (χ4n) is 13.7. The maximum atomic E-state index is 13.2. The maximum absolute atomic E-state index is 13.2. The molecule has 0 radical (unpaired) electrons. The molecule has 32 atom stereocenters. The van der Waals surface area contributed by atoms with Gasteiger partial charge in [0.1, 0.15) is 86.4 Å². The average molecular weight is 1370 g/mol. The Balaban J connectivity index is 0.000000267. The zero-order valence-corrected chi connectivity index (χ0v) is 52.2. The Morgan fingerprint density at radius 1 is 0.552 bits per heavy atom. The zero-order valence-electron chi connectivity index (χ0n) is 52.2. The minimum Gasteiger partial charge on any atom is -0.445 e. The molecule has 22 N–H and O–H groups in total. The third kappa shape index (κ3) is 17.5. The molecule has 9 aliphatic rings. The molecule has 96 heavy (non-hydrogen) atoms. The molecule has 3 amide bonds. The Morgan fingerprint density at radius 2 is 1.07 bits per heavy atom. The van der Waals surface area contributed by atoms with Gasteiger partial charge in [-0.2, -0.15) is 0 Å². The van der Waals surface area contributed by atoms with Crippen molar-refractivity contribution < 1.29 is 122 Å². The van der Waals surface area contributed by atoms with Gasteiger partial charge in [-0.05, 0) is 56.7 Å². The molecule has 7 heterocycles. The quantitative estimate of drug-likeness (QED) is 0.0664. The Bertz CT molecular complexity index is 2740. The first-order valence-electron chi connectivity index (χ1n) is 31.8. The summed E-state index contributed by atoms with van der Waals surface area (Å²) in [5.41, 5.74) is 31.6. The highest BCUT2D eigenvalue weighted by Crippen LogP contribution is 2.43. The van der Waals surface area contributed by atoms with Gasteiger partial charge in [0.05, 0.1) is 67.8 Å². The first-order valence-corrected chi connectivity index (χ1v) is 31.8. The Labute approximate surface area is 556 Å². The van der Waals surface area contributed by atoms with Gasteiger partial charge in [0.25, 0.3) is 0 Å². The predicted octanol–water partition coefficient (Wildman–Crippen LogP) is -4.45. The lowest BCUT2D eigenvalue weighted by atomic mass is 9.85. The second-order valence-electron chi connectivity index (χ2n) is 25.7. The van der Waals surface area contributed by atoms with E-state index in [1.54, 1.807) is 7.05 Å². The number of aliphatic hydroxyl groups excluding tert-OH is 9. The Kier molecular flexibility index (Phi) is 27.3. The van der Waals surface area contributed by atoms with Crippen molar-refractivity contribution in [1.82, 2.24) is 20.9 Å². The first kappa shape index (κ1) is 77.0. The number of hydrogen-bond acceptors (Lipinski definition) is 31. The molecule has 0 bridgehead atoms. The molecule has 0 aromatic heterocycles. The summed E-state index contributed by atoms with van der Waals surface area (Å²) in [6, 6.07) is 11.6. The van der Waals surface area contributed by atoms with Crippen molar-refractivity contribution in [1.29, 1.82) is 0 Å². The summed E-state index contributed by atoms with van der Waals surface area (Å²) < 4.78 is 77.1. The smallest absolute Gasteiger partial charge is 0.410 e. The molecule has 9 fully saturated rings. The SMILES string of the molecule is C.C.CC1C[C@@H]2OC(O[C@H]3OC(CO)[C@@H](N)[C@H](O)C3O)C3C(OC(=O)N3C)C2O[C@@H]1O[C@@H]1C(NC(=O)OCc2ccccc2)C[C@@H](NC(=O)OCc2ccccc2)C[C@H]1O.CNC1C(O[C@H]2OC(CO)[C@@H](N)[C@H](O)C2O)O[C@H]2CC(N)[C@@H](O[C@@H]3C(N)C[C@@H](N)C[C@H]3O)OC2C1O. The third-order valence-electron chi connectivity index (χ3n) is 18.9. The molecule has 7 saturated heterocycles. The number of rotatable bonds is 17. The fourth-order valence-corrected chi connectivity index (χ4v) is 13.7. The number of nitrogens with one attached hydrogen (secondary N) is 3. The van der Waals surface area contributed by atoms with E-state index >= 15 is 0 Å². The van der Waals surface area contributed by atoms with Crippen LogP contribution >= 0.6 is 0 Å². The van der Waals surface area contributed by atoms with E-state index in [9.17, 15) is 60.3 Å². The van der Waals surface area contributed by atoms with Crippen LogP contribution in [-0.4, -0.2) is 286 Å². The number of nitrogens with zero attached hydrogens (tertiary/aromatic N) is 1. The van der Waals surface area contributed by atoms with Crippen LogP contribution in [0.3, 0.4) is 0 Å². The van der Waals surface area contributed by atoms with E-state index in [-0.39, 0.29) is 59.3 Å². The molecule has 34 heteroatoms. The van der Waals surface area contributed by atoms with Crippen LogP contribution in [0.4, 0.5) is 14.4 Å². The second kappa shape index (κ2) is 34.1. The largest absolute Gasteiger partial charge is 0.445 e. The van der Waals surface area contributed by atoms with Crippen LogP contribution in [0.1, 0.15) is 71.4 Å². The van der Waals surface area contributed by atoms with Crippen LogP contribution in [0.5, 0.6) is 0 Å². The van der Waals surface area contributed by atoms with E-state index in [2.05, 4.69) is 16.0 Å². The van der Waals surface area contributed by atoms with Gasteiger partial charge in [-0.25, -0.2) is 14.4 Å². The van der Waals surface area contributed by atoms with Crippen molar-refractivity contribution in [3.8, 4) is 0 Å². The van der Waals surface area contributed by atoms with Gasteiger partial charge in [0, 0.05) is 31.1 Å².